The van der Waals surface area contributed by atoms with Crippen LogP contribution < -0.4 is 11.5 Å². The predicted octanol–water partition coefficient (Wildman–Crippen LogP) is -0.672. The molecule has 0 spiro atoms. The van der Waals surface area contributed by atoms with E-state index in [1.807, 2.05) is 0 Å². The van der Waals surface area contributed by atoms with Gasteiger partial charge in [0.15, 0.2) is 18.5 Å². The standard InChI is InChI=1S/C12H21F3N2O3/c13-7-8(14)12(9(15)11(19)10(7)17)20-4-1-2-5(16)6(18)3-4/h4-12,18-19H,1-3,16-17H2. The molecule has 0 saturated heterocycles. The lowest BCUT2D eigenvalue weighted by Crippen LogP contribution is -2.64. The number of rotatable bonds is 2. The van der Waals surface area contributed by atoms with E-state index in [1.54, 1.807) is 0 Å². The van der Waals surface area contributed by atoms with Crippen LogP contribution in [0.25, 0.3) is 0 Å². The molecule has 0 bridgehead atoms. The molecular formula is C12H21F3N2O3. The second kappa shape index (κ2) is 6.15. The first-order chi connectivity index (χ1) is 9.32. The molecule has 20 heavy (non-hydrogen) atoms. The summed E-state index contributed by atoms with van der Waals surface area (Å²) < 4.78 is 46.5. The van der Waals surface area contributed by atoms with Gasteiger partial charge < -0.3 is 26.4 Å². The van der Waals surface area contributed by atoms with E-state index in [4.69, 9.17) is 16.2 Å². The van der Waals surface area contributed by atoms with Crippen molar-refractivity contribution in [3.05, 3.63) is 0 Å². The maximum Gasteiger partial charge on any atom is 0.162 e. The Kier molecular flexibility index (Phi) is 4.91. The molecule has 2 aliphatic carbocycles. The highest BCUT2D eigenvalue weighted by Gasteiger charge is 2.52. The minimum Gasteiger partial charge on any atom is -0.391 e. The summed E-state index contributed by atoms with van der Waals surface area (Å²) in [5, 5.41) is 19.1. The monoisotopic (exact) mass is 298 g/mol. The van der Waals surface area contributed by atoms with Gasteiger partial charge in [-0.15, -0.1) is 0 Å². The van der Waals surface area contributed by atoms with Gasteiger partial charge >= 0.3 is 0 Å². The molecule has 0 aromatic rings. The van der Waals surface area contributed by atoms with E-state index in [2.05, 4.69) is 0 Å². The summed E-state index contributed by atoms with van der Waals surface area (Å²) in [5.41, 5.74) is 10.8. The summed E-state index contributed by atoms with van der Waals surface area (Å²) in [4.78, 5) is 0. The van der Waals surface area contributed by atoms with Crippen molar-refractivity contribution in [1.82, 2.24) is 0 Å². The summed E-state index contributed by atoms with van der Waals surface area (Å²) >= 11 is 0. The second-order valence-electron chi connectivity index (χ2n) is 5.67. The highest BCUT2D eigenvalue weighted by atomic mass is 19.2. The molecule has 2 aliphatic rings. The molecule has 2 saturated carbocycles. The number of nitrogens with two attached hydrogens (primary N) is 2. The molecule has 0 aromatic carbocycles. The van der Waals surface area contributed by atoms with Crippen molar-refractivity contribution < 1.29 is 28.1 Å². The van der Waals surface area contributed by atoms with Gasteiger partial charge in [0.2, 0.25) is 0 Å². The molecule has 9 unspecified atom stereocenters. The van der Waals surface area contributed by atoms with Gasteiger partial charge in [0, 0.05) is 12.5 Å². The van der Waals surface area contributed by atoms with Gasteiger partial charge in [0.05, 0.1) is 18.2 Å². The van der Waals surface area contributed by atoms with Gasteiger partial charge in [-0.05, 0) is 12.8 Å². The number of aliphatic hydroxyl groups is 2. The Morgan fingerprint density at radius 3 is 2.20 bits per heavy atom. The van der Waals surface area contributed by atoms with E-state index in [9.17, 15) is 23.4 Å². The van der Waals surface area contributed by atoms with Crippen molar-refractivity contribution in [3.63, 3.8) is 0 Å². The molecule has 0 amide bonds. The molecular weight excluding hydrogens is 277 g/mol. The lowest BCUT2D eigenvalue weighted by Gasteiger charge is -2.41. The van der Waals surface area contributed by atoms with Crippen LogP contribution in [0.1, 0.15) is 19.3 Å². The van der Waals surface area contributed by atoms with Crippen LogP contribution in [0.3, 0.4) is 0 Å². The second-order valence-corrected chi connectivity index (χ2v) is 5.67. The molecule has 2 rings (SSSR count). The summed E-state index contributed by atoms with van der Waals surface area (Å²) in [7, 11) is 0. The SMILES string of the molecule is NC1CCC(OC2C(F)C(O)C(N)C(F)C2F)CC1O. The van der Waals surface area contributed by atoms with Gasteiger partial charge in [-0.25, -0.2) is 13.2 Å². The number of halogens is 3. The molecule has 118 valence electrons. The highest BCUT2D eigenvalue weighted by Crippen LogP contribution is 2.32. The third-order valence-corrected chi connectivity index (χ3v) is 4.19. The van der Waals surface area contributed by atoms with Crippen LogP contribution in [0.5, 0.6) is 0 Å². The van der Waals surface area contributed by atoms with Crippen LogP contribution in [-0.4, -0.2) is 65.2 Å². The van der Waals surface area contributed by atoms with E-state index in [0.717, 1.165) is 0 Å². The Morgan fingerprint density at radius 1 is 0.950 bits per heavy atom. The molecule has 8 heteroatoms. The lowest BCUT2D eigenvalue weighted by atomic mass is 9.85. The summed E-state index contributed by atoms with van der Waals surface area (Å²) in [6.45, 7) is 0. The molecule has 5 nitrogen and oxygen atoms in total. The summed E-state index contributed by atoms with van der Waals surface area (Å²) in [6.07, 6.45) is -10.5. The lowest BCUT2D eigenvalue weighted by molar-refractivity contribution is -0.174. The summed E-state index contributed by atoms with van der Waals surface area (Å²) in [5.74, 6) is 0. The molecule has 0 aromatic heterocycles. The molecule has 0 aliphatic heterocycles. The normalized spacial score (nSPS) is 53.9. The zero-order valence-corrected chi connectivity index (χ0v) is 10.9. The predicted molar refractivity (Wildman–Crippen MR) is 65.2 cm³/mol. The fourth-order valence-corrected chi connectivity index (χ4v) is 2.79. The average molecular weight is 298 g/mol. The number of hydrogen-bond donors (Lipinski definition) is 4. The molecule has 0 radical (unpaired) electrons. The number of ether oxygens (including phenoxy) is 1. The third-order valence-electron chi connectivity index (χ3n) is 4.19. The molecule has 9 atom stereocenters. The Hall–Kier alpha value is -0.410. The smallest absolute Gasteiger partial charge is 0.162 e. The zero-order valence-electron chi connectivity index (χ0n) is 10.9. The molecule has 6 N–H and O–H groups in total. The van der Waals surface area contributed by atoms with E-state index in [1.165, 1.54) is 0 Å². The third kappa shape index (κ3) is 2.94. The topological polar surface area (TPSA) is 102 Å². The minimum atomic E-state index is -2.24. The van der Waals surface area contributed by atoms with Crippen molar-refractivity contribution in [2.24, 2.45) is 11.5 Å². The summed E-state index contributed by atoms with van der Waals surface area (Å²) in [6, 6.07) is -2.00. The Morgan fingerprint density at radius 2 is 1.60 bits per heavy atom. The highest BCUT2D eigenvalue weighted by molar-refractivity contribution is 5.02. The first kappa shape index (κ1) is 16.0. The Balaban J connectivity index is 2.00. The van der Waals surface area contributed by atoms with Crippen molar-refractivity contribution >= 4 is 0 Å². The first-order valence-corrected chi connectivity index (χ1v) is 6.78. The number of aliphatic hydroxyl groups excluding tert-OH is 2. The maximum absolute atomic E-state index is 13.9. The van der Waals surface area contributed by atoms with Gasteiger partial charge in [-0.3, -0.25) is 0 Å². The zero-order chi connectivity index (χ0) is 15.0. The number of hydrogen-bond acceptors (Lipinski definition) is 5. The Labute approximate surface area is 115 Å². The Bertz CT molecular complexity index is 323. The van der Waals surface area contributed by atoms with Gasteiger partial charge in [-0.2, -0.15) is 0 Å². The van der Waals surface area contributed by atoms with Crippen LogP contribution in [-0.2, 0) is 4.74 Å². The van der Waals surface area contributed by atoms with E-state index in [0.29, 0.717) is 12.8 Å². The van der Waals surface area contributed by atoms with Gasteiger partial charge in [0.1, 0.15) is 12.2 Å². The molecule has 2 fully saturated rings. The van der Waals surface area contributed by atoms with Gasteiger partial charge in [-0.1, -0.05) is 0 Å². The fourth-order valence-electron chi connectivity index (χ4n) is 2.79. The van der Waals surface area contributed by atoms with Crippen molar-refractivity contribution in [3.8, 4) is 0 Å². The van der Waals surface area contributed by atoms with Crippen LogP contribution in [0.15, 0.2) is 0 Å². The van der Waals surface area contributed by atoms with Gasteiger partial charge in [0.25, 0.3) is 0 Å². The van der Waals surface area contributed by atoms with Crippen molar-refractivity contribution in [1.29, 1.82) is 0 Å². The minimum absolute atomic E-state index is 0.135. The molecule has 0 heterocycles. The van der Waals surface area contributed by atoms with E-state index < -0.39 is 55.0 Å². The quantitative estimate of drug-likeness (QED) is 0.541. The van der Waals surface area contributed by atoms with E-state index >= 15 is 0 Å². The fraction of sp³-hybridized carbons (Fsp3) is 1.00. The van der Waals surface area contributed by atoms with Crippen molar-refractivity contribution in [2.75, 3.05) is 0 Å². The first-order valence-electron chi connectivity index (χ1n) is 6.78. The number of alkyl halides is 3. The average Bonchev–Trinajstić information content (AvgIpc) is 2.43. The van der Waals surface area contributed by atoms with Crippen LogP contribution >= 0.6 is 0 Å². The van der Waals surface area contributed by atoms with E-state index in [-0.39, 0.29) is 6.42 Å². The van der Waals surface area contributed by atoms with Crippen LogP contribution in [0.2, 0.25) is 0 Å². The van der Waals surface area contributed by atoms with Crippen molar-refractivity contribution in [2.45, 2.75) is 74.3 Å². The maximum atomic E-state index is 13.9. The van der Waals surface area contributed by atoms with Crippen LogP contribution in [0.4, 0.5) is 13.2 Å². The van der Waals surface area contributed by atoms with Crippen LogP contribution in [0, 0.1) is 0 Å². The largest absolute Gasteiger partial charge is 0.391 e.